The van der Waals surface area contributed by atoms with Gasteiger partial charge in [0.1, 0.15) is 6.61 Å². The number of aliphatic hydroxyl groups is 1. The summed E-state index contributed by atoms with van der Waals surface area (Å²) in [5, 5.41) is 16.8. The second-order valence-electron chi connectivity index (χ2n) is 3.53. The highest BCUT2D eigenvalue weighted by Gasteiger charge is 1.94. The largest absolute Gasteiger partial charge is 0.481 e. The molecule has 0 aromatic carbocycles. The van der Waals surface area contributed by atoms with E-state index in [0.717, 1.165) is 25.7 Å². The maximum absolute atomic E-state index is 10.2. The van der Waals surface area contributed by atoms with Crippen molar-refractivity contribution in [1.82, 2.24) is 0 Å². The second kappa shape index (κ2) is 13.2. The standard InChI is InChI=1S/C15H18O3/c16-14-12-10-8-6-4-2-1-3-5-7-9-11-13-15(17)18/h16H,2,5,7-9,11,13-14H2,(H,17,18). The fraction of sp³-hybridized carbons (Fsp3) is 0.533. The van der Waals surface area contributed by atoms with E-state index in [2.05, 4.69) is 35.5 Å². The van der Waals surface area contributed by atoms with Gasteiger partial charge in [-0.2, -0.15) is 0 Å². The van der Waals surface area contributed by atoms with Gasteiger partial charge >= 0.3 is 5.97 Å². The summed E-state index contributed by atoms with van der Waals surface area (Å²) in [6.07, 6.45) is 4.62. The van der Waals surface area contributed by atoms with Crippen LogP contribution in [-0.4, -0.2) is 22.8 Å². The van der Waals surface area contributed by atoms with Crippen LogP contribution in [0.3, 0.4) is 0 Å². The zero-order valence-electron chi connectivity index (χ0n) is 10.5. The van der Waals surface area contributed by atoms with Gasteiger partial charge in [-0.15, -0.1) is 5.92 Å². The first-order valence-corrected chi connectivity index (χ1v) is 5.97. The smallest absolute Gasteiger partial charge is 0.303 e. The number of aliphatic carboxylic acids is 1. The molecule has 0 bridgehead atoms. The van der Waals surface area contributed by atoms with Gasteiger partial charge in [-0.05, 0) is 12.8 Å². The molecule has 0 rings (SSSR count). The van der Waals surface area contributed by atoms with E-state index in [4.69, 9.17) is 10.2 Å². The van der Waals surface area contributed by atoms with E-state index in [0.29, 0.717) is 12.8 Å². The third-order valence-corrected chi connectivity index (χ3v) is 2.00. The van der Waals surface area contributed by atoms with Crippen molar-refractivity contribution in [3.8, 4) is 35.5 Å². The SMILES string of the molecule is O=C(O)CCCCCC#CCC#CCC#CCO. The summed E-state index contributed by atoms with van der Waals surface area (Å²) in [5.41, 5.74) is 0. The molecule has 0 aliphatic rings. The number of hydrogen-bond donors (Lipinski definition) is 2. The van der Waals surface area contributed by atoms with Crippen molar-refractivity contribution in [3.05, 3.63) is 0 Å². The van der Waals surface area contributed by atoms with Crippen LogP contribution in [0.25, 0.3) is 0 Å². The molecule has 0 heterocycles. The predicted molar refractivity (Wildman–Crippen MR) is 70.4 cm³/mol. The van der Waals surface area contributed by atoms with Crippen LogP contribution in [-0.2, 0) is 4.79 Å². The van der Waals surface area contributed by atoms with Gasteiger partial charge in [-0.3, -0.25) is 4.79 Å². The molecule has 0 unspecified atom stereocenters. The van der Waals surface area contributed by atoms with E-state index in [1.54, 1.807) is 0 Å². The number of aliphatic hydroxyl groups excluding tert-OH is 1. The summed E-state index contributed by atoms with van der Waals surface area (Å²) in [7, 11) is 0. The first kappa shape index (κ1) is 16.1. The highest BCUT2D eigenvalue weighted by molar-refractivity contribution is 5.66. The Hall–Kier alpha value is -1.89. The molecule has 0 aromatic heterocycles. The fourth-order valence-corrected chi connectivity index (χ4v) is 1.15. The maximum Gasteiger partial charge on any atom is 0.303 e. The highest BCUT2D eigenvalue weighted by Crippen LogP contribution is 2.01. The van der Waals surface area contributed by atoms with Gasteiger partial charge in [0.05, 0.1) is 12.8 Å². The third-order valence-electron chi connectivity index (χ3n) is 2.00. The molecule has 0 radical (unpaired) electrons. The van der Waals surface area contributed by atoms with E-state index in [-0.39, 0.29) is 13.0 Å². The number of carboxylic acid groups (broad SMARTS) is 1. The normalized spacial score (nSPS) is 8.06. The Morgan fingerprint density at radius 1 is 0.833 bits per heavy atom. The lowest BCUT2D eigenvalue weighted by Gasteiger charge is -1.93. The van der Waals surface area contributed by atoms with Crippen molar-refractivity contribution in [3.63, 3.8) is 0 Å². The molecule has 0 aliphatic heterocycles. The zero-order chi connectivity index (χ0) is 13.5. The van der Waals surface area contributed by atoms with Crippen LogP contribution in [0.15, 0.2) is 0 Å². The summed E-state index contributed by atoms with van der Waals surface area (Å²) in [6.45, 7) is -0.122. The number of carbonyl (C=O) groups is 1. The lowest BCUT2D eigenvalue weighted by molar-refractivity contribution is -0.137. The van der Waals surface area contributed by atoms with Crippen LogP contribution in [0.4, 0.5) is 0 Å². The first-order chi connectivity index (χ1) is 8.77. The van der Waals surface area contributed by atoms with Gasteiger partial charge in [-0.1, -0.05) is 36.0 Å². The lowest BCUT2D eigenvalue weighted by Crippen LogP contribution is -1.93. The van der Waals surface area contributed by atoms with Gasteiger partial charge < -0.3 is 10.2 Å². The van der Waals surface area contributed by atoms with Crippen LogP contribution in [0.1, 0.15) is 44.9 Å². The summed E-state index contributed by atoms with van der Waals surface area (Å²) in [4.78, 5) is 10.2. The van der Waals surface area contributed by atoms with E-state index in [9.17, 15) is 4.79 Å². The Kier molecular flexibility index (Phi) is 11.8. The van der Waals surface area contributed by atoms with E-state index >= 15 is 0 Å². The van der Waals surface area contributed by atoms with Gasteiger partial charge in [0, 0.05) is 12.8 Å². The minimum absolute atomic E-state index is 0.122. The number of carboxylic acids is 1. The molecule has 0 atom stereocenters. The molecular formula is C15H18O3. The quantitative estimate of drug-likeness (QED) is 0.574. The minimum Gasteiger partial charge on any atom is -0.481 e. The molecule has 3 heteroatoms. The van der Waals surface area contributed by atoms with Crippen molar-refractivity contribution in [2.75, 3.05) is 6.61 Å². The molecule has 3 nitrogen and oxygen atoms in total. The summed E-state index contributed by atoms with van der Waals surface area (Å²) in [6, 6.07) is 0. The molecule has 96 valence electrons. The Labute approximate surface area is 109 Å². The van der Waals surface area contributed by atoms with Crippen LogP contribution in [0.5, 0.6) is 0 Å². The molecule has 18 heavy (non-hydrogen) atoms. The van der Waals surface area contributed by atoms with Crippen molar-refractivity contribution >= 4 is 5.97 Å². The Bertz CT molecular complexity index is 404. The highest BCUT2D eigenvalue weighted by atomic mass is 16.4. The Balaban J connectivity index is 3.41. The molecular weight excluding hydrogens is 228 g/mol. The molecule has 0 fully saturated rings. The number of unbranched alkanes of at least 4 members (excludes halogenated alkanes) is 3. The van der Waals surface area contributed by atoms with Gasteiger partial charge in [-0.25, -0.2) is 0 Å². The van der Waals surface area contributed by atoms with Crippen LogP contribution >= 0.6 is 0 Å². The fourth-order valence-electron chi connectivity index (χ4n) is 1.15. The molecule has 0 saturated carbocycles. The van der Waals surface area contributed by atoms with Crippen LogP contribution < -0.4 is 0 Å². The van der Waals surface area contributed by atoms with Gasteiger partial charge in [0.2, 0.25) is 0 Å². The Morgan fingerprint density at radius 3 is 2.06 bits per heavy atom. The molecule has 0 spiro atoms. The first-order valence-electron chi connectivity index (χ1n) is 5.97. The molecule has 0 aliphatic carbocycles. The summed E-state index contributed by atoms with van der Waals surface area (Å²) >= 11 is 0. The van der Waals surface area contributed by atoms with Crippen LogP contribution in [0.2, 0.25) is 0 Å². The van der Waals surface area contributed by atoms with E-state index < -0.39 is 5.97 Å². The van der Waals surface area contributed by atoms with E-state index in [1.165, 1.54) is 0 Å². The average Bonchev–Trinajstić information content (AvgIpc) is 2.34. The summed E-state index contributed by atoms with van der Waals surface area (Å²) in [5.74, 6) is 16.1. The van der Waals surface area contributed by atoms with Gasteiger partial charge in [0.15, 0.2) is 0 Å². The maximum atomic E-state index is 10.2. The average molecular weight is 246 g/mol. The molecule has 2 N–H and O–H groups in total. The van der Waals surface area contributed by atoms with Crippen molar-refractivity contribution in [1.29, 1.82) is 0 Å². The zero-order valence-corrected chi connectivity index (χ0v) is 10.5. The minimum atomic E-state index is -0.736. The second-order valence-corrected chi connectivity index (χ2v) is 3.53. The molecule has 0 saturated heterocycles. The van der Waals surface area contributed by atoms with Crippen molar-refractivity contribution in [2.45, 2.75) is 44.9 Å². The van der Waals surface area contributed by atoms with Gasteiger partial charge in [0.25, 0.3) is 0 Å². The van der Waals surface area contributed by atoms with Crippen molar-refractivity contribution < 1.29 is 15.0 Å². The predicted octanol–water partition coefficient (Wildman–Crippen LogP) is 1.80. The number of hydrogen-bond acceptors (Lipinski definition) is 2. The third kappa shape index (κ3) is 14.1. The van der Waals surface area contributed by atoms with Crippen LogP contribution in [0, 0.1) is 35.5 Å². The molecule has 0 amide bonds. The monoisotopic (exact) mass is 246 g/mol. The Morgan fingerprint density at radius 2 is 1.44 bits per heavy atom. The van der Waals surface area contributed by atoms with Crippen molar-refractivity contribution in [2.24, 2.45) is 0 Å². The van der Waals surface area contributed by atoms with E-state index in [1.807, 2.05) is 0 Å². The number of rotatable bonds is 5. The summed E-state index contributed by atoms with van der Waals surface area (Å²) < 4.78 is 0. The lowest BCUT2D eigenvalue weighted by atomic mass is 10.1. The molecule has 0 aromatic rings. The topological polar surface area (TPSA) is 57.5 Å².